The molecular weight excluding hydrogens is 633 g/mol. The smallest absolute Gasteiger partial charge is 0.235 e. The van der Waals surface area contributed by atoms with Crippen LogP contribution < -0.4 is 4.74 Å². The summed E-state index contributed by atoms with van der Waals surface area (Å²) in [6, 6.07) is 47.4. The highest BCUT2D eigenvalue weighted by molar-refractivity contribution is 7.99. The van der Waals surface area contributed by atoms with E-state index >= 15 is 0 Å². The molecule has 0 bridgehead atoms. The molecule has 50 heavy (non-hydrogen) atoms. The summed E-state index contributed by atoms with van der Waals surface area (Å²) in [6.45, 7) is 0. The van der Waals surface area contributed by atoms with Crippen molar-refractivity contribution in [3.63, 3.8) is 0 Å². The van der Waals surface area contributed by atoms with Crippen molar-refractivity contribution in [3.05, 3.63) is 156 Å². The topological polar surface area (TPSA) is 44.9 Å². The van der Waals surface area contributed by atoms with Crippen molar-refractivity contribution >= 4 is 61.4 Å². The summed E-state index contributed by atoms with van der Waals surface area (Å²) in [5, 5.41) is 4.75. The first kappa shape index (κ1) is 26.8. The lowest BCUT2D eigenvalue weighted by Gasteiger charge is -2.24. The molecule has 2 atom stereocenters. The van der Waals surface area contributed by atoms with Crippen LogP contribution in [0.15, 0.2) is 149 Å². The van der Waals surface area contributed by atoms with Crippen LogP contribution in [0.4, 0.5) is 0 Å². The third kappa shape index (κ3) is 3.43. The van der Waals surface area contributed by atoms with Crippen LogP contribution in [0.3, 0.4) is 0 Å². The maximum absolute atomic E-state index is 6.90. The molecule has 6 aromatic carbocycles. The summed E-state index contributed by atoms with van der Waals surface area (Å²) in [6.07, 6.45) is 4.44. The van der Waals surface area contributed by atoms with E-state index in [4.69, 9.17) is 14.7 Å². The van der Waals surface area contributed by atoms with Crippen LogP contribution in [-0.4, -0.2) is 19.1 Å². The van der Waals surface area contributed by atoms with E-state index in [0.717, 1.165) is 50.4 Å². The first-order valence-corrected chi connectivity index (χ1v) is 17.8. The number of rotatable bonds is 2. The molecule has 0 radical (unpaired) electrons. The molecule has 5 heterocycles. The summed E-state index contributed by atoms with van der Waals surface area (Å²) in [7, 11) is 0. The van der Waals surface area contributed by atoms with E-state index < -0.39 is 0 Å². The molecule has 3 aliphatic rings. The summed E-state index contributed by atoms with van der Waals surface area (Å²) < 4.78 is 11.6. The molecule has 234 valence electrons. The Kier molecular flexibility index (Phi) is 5.22. The number of nitrogens with zero attached hydrogens (tertiary/aromatic N) is 4. The van der Waals surface area contributed by atoms with Gasteiger partial charge in [0.25, 0.3) is 0 Å². The van der Waals surface area contributed by atoms with Crippen molar-refractivity contribution in [1.82, 2.24) is 19.1 Å². The second-order valence-electron chi connectivity index (χ2n) is 13.3. The number of hydrogen-bond acceptors (Lipinski definition) is 4. The lowest BCUT2D eigenvalue weighted by molar-refractivity contribution is 0.216. The van der Waals surface area contributed by atoms with Crippen LogP contribution in [0.25, 0.3) is 72.6 Å². The van der Waals surface area contributed by atoms with E-state index in [9.17, 15) is 0 Å². The van der Waals surface area contributed by atoms with Gasteiger partial charge in [0.1, 0.15) is 5.75 Å². The molecule has 12 rings (SSSR count). The van der Waals surface area contributed by atoms with Gasteiger partial charge in [0, 0.05) is 59.6 Å². The molecular formula is C44H26N4OS. The van der Waals surface area contributed by atoms with Gasteiger partial charge in [0.05, 0.1) is 33.5 Å². The lowest BCUT2D eigenvalue weighted by Crippen LogP contribution is -2.18. The Balaban J connectivity index is 1.23. The molecule has 2 unspecified atom stereocenters. The highest BCUT2D eigenvalue weighted by atomic mass is 32.2. The summed E-state index contributed by atoms with van der Waals surface area (Å²) in [5.74, 6) is 1.69. The van der Waals surface area contributed by atoms with Gasteiger partial charge >= 0.3 is 0 Å². The second kappa shape index (κ2) is 9.74. The van der Waals surface area contributed by atoms with Gasteiger partial charge in [-0.3, -0.25) is 4.57 Å². The van der Waals surface area contributed by atoms with E-state index in [-0.39, 0.29) is 12.0 Å². The van der Waals surface area contributed by atoms with E-state index in [1.807, 2.05) is 0 Å². The van der Waals surface area contributed by atoms with Gasteiger partial charge in [0.15, 0.2) is 6.10 Å². The first-order valence-electron chi connectivity index (χ1n) is 17.0. The van der Waals surface area contributed by atoms with Crippen LogP contribution in [0.2, 0.25) is 0 Å². The van der Waals surface area contributed by atoms with E-state index in [2.05, 4.69) is 155 Å². The molecule has 5 nitrogen and oxygen atoms in total. The van der Waals surface area contributed by atoms with Crippen molar-refractivity contribution in [2.75, 3.05) is 0 Å². The Labute approximate surface area is 291 Å². The van der Waals surface area contributed by atoms with E-state index in [0.29, 0.717) is 5.95 Å². The molecule has 0 saturated heterocycles. The Morgan fingerprint density at radius 2 is 1.38 bits per heavy atom. The highest BCUT2D eigenvalue weighted by Gasteiger charge is 2.41. The first-order chi connectivity index (χ1) is 24.8. The number of hydrogen-bond donors (Lipinski definition) is 0. The molecule has 0 fully saturated rings. The van der Waals surface area contributed by atoms with Gasteiger partial charge in [-0.1, -0.05) is 103 Å². The van der Waals surface area contributed by atoms with Gasteiger partial charge in [-0.25, -0.2) is 9.97 Å². The fourth-order valence-electron chi connectivity index (χ4n) is 8.66. The fourth-order valence-corrected chi connectivity index (χ4v) is 9.77. The number of para-hydroxylation sites is 3. The number of fused-ring (bicyclic) bond motifs is 13. The zero-order valence-corrected chi connectivity index (χ0v) is 27.4. The van der Waals surface area contributed by atoms with Gasteiger partial charge in [-0.15, -0.1) is 0 Å². The number of ether oxygens (including phenoxy) is 1. The quantitative estimate of drug-likeness (QED) is 0.185. The minimum absolute atomic E-state index is 0.0884. The normalized spacial score (nSPS) is 16.8. The molecule has 0 amide bonds. The average Bonchev–Trinajstić information content (AvgIpc) is 3.83. The highest BCUT2D eigenvalue weighted by Crippen LogP contribution is 2.54. The monoisotopic (exact) mass is 658 g/mol. The number of benzene rings is 6. The van der Waals surface area contributed by atoms with E-state index in [1.54, 1.807) is 11.8 Å². The average molecular weight is 659 g/mol. The summed E-state index contributed by atoms with van der Waals surface area (Å²) in [5.41, 5.74) is 11.1. The van der Waals surface area contributed by atoms with Crippen LogP contribution in [0, 0.1) is 0 Å². The van der Waals surface area contributed by atoms with Gasteiger partial charge in [0.2, 0.25) is 5.95 Å². The largest absolute Gasteiger partial charge is 0.483 e. The standard InChI is InChI=1S/C44H26N4OS/c1-2-11-25(12-3-1)47-32-17-7-4-14-28(32)38-33(47)23-24-34-39(38)30-22-21-27-26-13-5-8-18-35(26)49-43(27)42(30)48(34)44-45-31-16-10-20-37-40(31)41(46-44)29-15-6-9-19-36(29)50-37/h1-24,27,43H. The summed E-state index contributed by atoms with van der Waals surface area (Å²) >= 11 is 1.79. The van der Waals surface area contributed by atoms with Crippen LogP contribution in [0.1, 0.15) is 28.8 Å². The summed E-state index contributed by atoms with van der Waals surface area (Å²) in [4.78, 5) is 13.3. The predicted molar refractivity (Wildman–Crippen MR) is 202 cm³/mol. The SMILES string of the molecule is C1=CC2c3ccccc3OC2c2c1c1c3c4ccccc4n(-c4ccccc4)c3ccc1n2-c1nc2c3c(cccc3n1)Sc1ccccc1-2. The van der Waals surface area contributed by atoms with Gasteiger partial charge in [-0.05, 0) is 54.6 Å². The molecule has 0 saturated carbocycles. The van der Waals surface area contributed by atoms with Gasteiger partial charge < -0.3 is 9.30 Å². The zero-order valence-electron chi connectivity index (χ0n) is 26.6. The van der Waals surface area contributed by atoms with Crippen molar-refractivity contribution < 1.29 is 4.74 Å². The minimum Gasteiger partial charge on any atom is -0.483 e. The maximum atomic E-state index is 6.90. The van der Waals surface area contributed by atoms with Crippen molar-refractivity contribution in [3.8, 4) is 28.6 Å². The molecule has 1 aliphatic carbocycles. The Bertz CT molecular complexity index is 2960. The minimum atomic E-state index is -0.220. The van der Waals surface area contributed by atoms with Crippen molar-refractivity contribution in [1.29, 1.82) is 0 Å². The second-order valence-corrected chi connectivity index (χ2v) is 14.3. The van der Waals surface area contributed by atoms with Crippen molar-refractivity contribution in [2.24, 2.45) is 0 Å². The Hall–Kier alpha value is -6.11. The van der Waals surface area contributed by atoms with Crippen LogP contribution in [-0.2, 0) is 0 Å². The van der Waals surface area contributed by atoms with E-state index in [1.165, 1.54) is 42.5 Å². The number of aromatic nitrogens is 4. The fraction of sp³-hybridized carbons (Fsp3) is 0.0455. The third-order valence-corrected chi connectivity index (χ3v) is 11.8. The van der Waals surface area contributed by atoms with Crippen LogP contribution >= 0.6 is 11.8 Å². The Morgan fingerprint density at radius 1 is 0.600 bits per heavy atom. The third-order valence-electron chi connectivity index (χ3n) is 10.7. The molecule has 2 aliphatic heterocycles. The Morgan fingerprint density at radius 3 is 2.32 bits per heavy atom. The molecule has 3 aromatic heterocycles. The maximum Gasteiger partial charge on any atom is 0.235 e. The van der Waals surface area contributed by atoms with Gasteiger partial charge in [-0.2, -0.15) is 0 Å². The molecule has 6 heteroatoms. The molecule has 0 N–H and O–H groups in total. The van der Waals surface area contributed by atoms with Crippen molar-refractivity contribution in [2.45, 2.75) is 21.8 Å². The van der Waals surface area contributed by atoms with Crippen LogP contribution in [0.5, 0.6) is 5.75 Å². The molecule has 9 aromatic rings. The zero-order chi connectivity index (χ0) is 32.5. The lowest BCUT2D eigenvalue weighted by atomic mass is 9.86. The predicted octanol–water partition coefficient (Wildman–Crippen LogP) is 11.0. The molecule has 0 spiro atoms.